The molecule has 0 radical (unpaired) electrons. The quantitative estimate of drug-likeness (QED) is 0.751. The Morgan fingerprint density at radius 1 is 1.12 bits per heavy atom. The van der Waals surface area contributed by atoms with Gasteiger partial charge in [0.2, 0.25) is 5.91 Å². The summed E-state index contributed by atoms with van der Waals surface area (Å²) in [7, 11) is 0. The molecule has 130 valence electrons. The second-order valence-corrected chi connectivity index (χ2v) is 5.99. The van der Waals surface area contributed by atoms with E-state index in [1.165, 1.54) is 0 Å². The first-order valence-electron chi connectivity index (χ1n) is 8.49. The topological polar surface area (TPSA) is 68.9 Å². The molecule has 6 heteroatoms. The number of nitrogens with one attached hydrogen (secondary N) is 1. The van der Waals surface area contributed by atoms with Crippen molar-refractivity contribution in [3.05, 3.63) is 64.8 Å². The number of hydrogen-bond donors (Lipinski definition) is 1. The minimum absolute atomic E-state index is 0.0707. The lowest BCUT2D eigenvalue weighted by molar-refractivity contribution is -0.121. The van der Waals surface area contributed by atoms with Gasteiger partial charge in [-0.25, -0.2) is 4.79 Å². The molecule has 2 aromatic heterocycles. The van der Waals surface area contributed by atoms with Gasteiger partial charge in [0.25, 0.3) is 0 Å². The van der Waals surface area contributed by atoms with Crippen LogP contribution >= 0.6 is 0 Å². The van der Waals surface area contributed by atoms with E-state index in [1.807, 2.05) is 50.2 Å². The van der Waals surface area contributed by atoms with Crippen molar-refractivity contribution in [2.24, 2.45) is 0 Å². The van der Waals surface area contributed by atoms with Crippen molar-refractivity contribution in [1.82, 2.24) is 19.4 Å². The lowest BCUT2D eigenvalue weighted by atomic mass is 10.1. The van der Waals surface area contributed by atoms with E-state index in [4.69, 9.17) is 0 Å². The average molecular weight is 338 g/mol. The Labute approximate surface area is 146 Å². The van der Waals surface area contributed by atoms with E-state index in [0.717, 1.165) is 16.6 Å². The smallest absolute Gasteiger partial charge is 0.329 e. The maximum atomic E-state index is 12.6. The molecule has 2 heterocycles. The standard InChI is InChI=1S/C19H22N4O2/c1-3-22-16-6-4-5-7-17(16)23(19(22)25)13-10-18(24)21-14(2)15-8-11-20-12-9-15/h4-9,11-12,14H,3,10,13H2,1-2H3,(H,21,24)/t14-/m0/s1. The number of fused-ring (bicyclic) bond motifs is 1. The predicted octanol–water partition coefficient (Wildman–Crippen LogP) is 2.49. The molecule has 3 rings (SSSR count). The fraction of sp³-hybridized carbons (Fsp3) is 0.316. The third kappa shape index (κ3) is 3.47. The van der Waals surface area contributed by atoms with Gasteiger partial charge in [-0.1, -0.05) is 12.1 Å². The monoisotopic (exact) mass is 338 g/mol. The SMILES string of the molecule is CCn1c(=O)n(CCC(=O)N[C@@H](C)c2ccncc2)c2ccccc21. The van der Waals surface area contributed by atoms with Gasteiger partial charge in [-0.2, -0.15) is 0 Å². The minimum atomic E-state index is -0.0933. The van der Waals surface area contributed by atoms with Crippen molar-refractivity contribution in [3.63, 3.8) is 0 Å². The predicted molar refractivity (Wildman–Crippen MR) is 97.3 cm³/mol. The fourth-order valence-corrected chi connectivity index (χ4v) is 3.06. The Morgan fingerprint density at radius 2 is 1.76 bits per heavy atom. The summed E-state index contributed by atoms with van der Waals surface area (Å²) >= 11 is 0. The van der Waals surface area contributed by atoms with Crippen LogP contribution < -0.4 is 11.0 Å². The van der Waals surface area contributed by atoms with Crippen LogP contribution in [0.5, 0.6) is 0 Å². The number of benzene rings is 1. The highest BCUT2D eigenvalue weighted by molar-refractivity contribution is 5.78. The van der Waals surface area contributed by atoms with E-state index in [-0.39, 0.29) is 24.1 Å². The van der Waals surface area contributed by atoms with E-state index in [9.17, 15) is 9.59 Å². The third-order valence-electron chi connectivity index (χ3n) is 4.39. The van der Waals surface area contributed by atoms with Gasteiger partial charge in [-0.05, 0) is 43.7 Å². The molecule has 0 aliphatic carbocycles. The van der Waals surface area contributed by atoms with E-state index >= 15 is 0 Å². The van der Waals surface area contributed by atoms with Crippen LogP contribution in [0.3, 0.4) is 0 Å². The van der Waals surface area contributed by atoms with Crippen molar-refractivity contribution in [1.29, 1.82) is 0 Å². The number of aromatic nitrogens is 3. The molecule has 1 N–H and O–H groups in total. The zero-order chi connectivity index (χ0) is 17.8. The highest BCUT2D eigenvalue weighted by atomic mass is 16.2. The Balaban J connectivity index is 1.72. The first-order valence-corrected chi connectivity index (χ1v) is 8.49. The molecule has 1 aromatic carbocycles. The second kappa shape index (κ2) is 7.34. The van der Waals surface area contributed by atoms with Gasteiger partial charge >= 0.3 is 5.69 Å². The van der Waals surface area contributed by atoms with Gasteiger partial charge in [0, 0.05) is 31.9 Å². The van der Waals surface area contributed by atoms with Crippen LogP contribution in [-0.2, 0) is 17.9 Å². The lowest BCUT2D eigenvalue weighted by Crippen LogP contribution is -2.30. The van der Waals surface area contributed by atoms with Crippen molar-refractivity contribution < 1.29 is 4.79 Å². The molecule has 3 aromatic rings. The van der Waals surface area contributed by atoms with Crippen molar-refractivity contribution in [3.8, 4) is 0 Å². The number of carbonyl (C=O) groups excluding carboxylic acids is 1. The van der Waals surface area contributed by atoms with E-state index < -0.39 is 0 Å². The summed E-state index contributed by atoms with van der Waals surface area (Å²) in [6.07, 6.45) is 3.67. The number of aryl methyl sites for hydroxylation is 2. The lowest BCUT2D eigenvalue weighted by Gasteiger charge is -2.14. The molecule has 25 heavy (non-hydrogen) atoms. The van der Waals surface area contributed by atoms with E-state index in [2.05, 4.69) is 10.3 Å². The third-order valence-corrected chi connectivity index (χ3v) is 4.39. The van der Waals surface area contributed by atoms with Gasteiger partial charge in [-0.3, -0.25) is 18.9 Å². The molecule has 0 saturated carbocycles. The van der Waals surface area contributed by atoms with Gasteiger partial charge in [-0.15, -0.1) is 0 Å². The first kappa shape index (κ1) is 17.0. The first-order chi connectivity index (χ1) is 12.1. The number of pyridine rings is 1. The number of amides is 1. The van der Waals surface area contributed by atoms with Crippen LogP contribution in [0.25, 0.3) is 11.0 Å². The molecule has 1 atom stereocenters. The van der Waals surface area contributed by atoms with Crippen molar-refractivity contribution in [2.75, 3.05) is 0 Å². The number of para-hydroxylation sites is 2. The number of carbonyl (C=O) groups is 1. The maximum absolute atomic E-state index is 12.6. The maximum Gasteiger partial charge on any atom is 0.329 e. The summed E-state index contributed by atoms with van der Waals surface area (Å²) in [5, 5.41) is 2.97. The Bertz CT molecular complexity index is 927. The molecule has 0 unspecified atom stereocenters. The number of rotatable bonds is 6. The molecule has 6 nitrogen and oxygen atoms in total. The molecule has 0 bridgehead atoms. The highest BCUT2D eigenvalue weighted by Gasteiger charge is 2.14. The van der Waals surface area contributed by atoms with Gasteiger partial charge < -0.3 is 5.32 Å². The summed E-state index contributed by atoms with van der Waals surface area (Å²) in [5.74, 6) is -0.0791. The van der Waals surface area contributed by atoms with Crippen LogP contribution in [0.2, 0.25) is 0 Å². The van der Waals surface area contributed by atoms with Gasteiger partial charge in [0.15, 0.2) is 0 Å². The molecular weight excluding hydrogens is 316 g/mol. The Morgan fingerprint density at radius 3 is 2.40 bits per heavy atom. The van der Waals surface area contributed by atoms with Crippen LogP contribution in [0, 0.1) is 0 Å². The zero-order valence-corrected chi connectivity index (χ0v) is 14.5. The number of hydrogen-bond acceptors (Lipinski definition) is 3. The summed E-state index contributed by atoms with van der Waals surface area (Å²) in [4.78, 5) is 28.8. The van der Waals surface area contributed by atoms with E-state index in [0.29, 0.717) is 13.1 Å². The van der Waals surface area contributed by atoms with Crippen LogP contribution in [-0.4, -0.2) is 20.0 Å². The molecule has 0 aliphatic rings. The molecule has 0 fully saturated rings. The minimum Gasteiger partial charge on any atom is -0.350 e. The Kier molecular flexibility index (Phi) is 4.97. The normalized spacial score (nSPS) is 12.2. The van der Waals surface area contributed by atoms with Gasteiger partial charge in [0.1, 0.15) is 0 Å². The second-order valence-electron chi connectivity index (χ2n) is 5.99. The summed E-state index contributed by atoms with van der Waals surface area (Å²) in [6, 6.07) is 11.3. The van der Waals surface area contributed by atoms with E-state index in [1.54, 1.807) is 21.5 Å². The molecule has 0 spiro atoms. The average Bonchev–Trinajstić information content (AvgIpc) is 2.91. The molecule has 1 amide bonds. The zero-order valence-electron chi connectivity index (χ0n) is 14.5. The van der Waals surface area contributed by atoms with Crippen LogP contribution in [0.4, 0.5) is 0 Å². The largest absolute Gasteiger partial charge is 0.350 e. The highest BCUT2D eigenvalue weighted by Crippen LogP contribution is 2.14. The summed E-state index contributed by atoms with van der Waals surface area (Å²) in [5.41, 5.74) is 2.70. The molecular formula is C19H22N4O2. The fourth-order valence-electron chi connectivity index (χ4n) is 3.06. The number of imidazole rings is 1. The van der Waals surface area contributed by atoms with Crippen LogP contribution in [0.1, 0.15) is 31.9 Å². The number of nitrogens with zero attached hydrogens (tertiary/aromatic N) is 3. The van der Waals surface area contributed by atoms with Crippen molar-refractivity contribution in [2.45, 2.75) is 39.4 Å². The van der Waals surface area contributed by atoms with Crippen molar-refractivity contribution >= 4 is 16.9 Å². The van der Waals surface area contributed by atoms with Gasteiger partial charge in [0.05, 0.1) is 17.1 Å². The molecule has 0 saturated heterocycles. The summed E-state index contributed by atoms with van der Waals surface area (Å²) in [6.45, 7) is 4.85. The Hall–Kier alpha value is -2.89. The molecule has 0 aliphatic heterocycles. The summed E-state index contributed by atoms with van der Waals surface area (Å²) < 4.78 is 3.41. The van der Waals surface area contributed by atoms with Crippen LogP contribution in [0.15, 0.2) is 53.6 Å².